The van der Waals surface area contributed by atoms with Gasteiger partial charge in [-0.25, -0.2) is 4.39 Å². The smallest absolute Gasteiger partial charge is 0.306 e. The molecular weight excluding hydrogens is 425 g/mol. The summed E-state index contributed by atoms with van der Waals surface area (Å²) < 4.78 is 13.3. The van der Waals surface area contributed by atoms with E-state index in [0.29, 0.717) is 24.0 Å². The third kappa shape index (κ3) is 5.29. The summed E-state index contributed by atoms with van der Waals surface area (Å²) in [5.74, 6) is -1.79. The van der Waals surface area contributed by atoms with Crippen LogP contribution in [0.5, 0.6) is 0 Å². The standard InChI is InChI=1S/C23H23ClFNO3S/c1-2-13-3-4-15(11-22(13)30-17-7-5-16(9-17)23(28)29)21(27)12-20(26)14-6-8-19(25)18(24)10-14/h3-4,6,8,10-11,16-17,26H,2,5,7,9,12H2,1H3,(H,28,29). The Labute approximate surface area is 184 Å². The van der Waals surface area contributed by atoms with Gasteiger partial charge < -0.3 is 10.5 Å². The van der Waals surface area contributed by atoms with Crippen LogP contribution in [0, 0.1) is 17.1 Å². The first kappa shape index (κ1) is 22.5. The van der Waals surface area contributed by atoms with Gasteiger partial charge in [-0.1, -0.05) is 36.7 Å². The molecule has 0 spiro atoms. The van der Waals surface area contributed by atoms with E-state index >= 15 is 0 Å². The van der Waals surface area contributed by atoms with Crippen molar-refractivity contribution < 1.29 is 19.1 Å². The maximum atomic E-state index is 13.3. The Morgan fingerprint density at radius 3 is 2.57 bits per heavy atom. The van der Waals surface area contributed by atoms with Gasteiger partial charge in [0.1, 0.15) is 5.82 Å². The van der Waals surface area contributed by atoms with Gasteiger partial charge in [0.05, 0.1) is 17.4 Å². The Hall–Kier alpha value is -2.18. The van der Waals surface area contributed by atoms with Gasteiger partial charge >= 0.3 is 5.97 Å². The third-order valence-electron chi connectivity index (χ3n) is 5.40. The molecule has 0 amide bonds. The second kappa shape index (κ2) is 9.75. The van der Waals surface area contributed by atoms with Crippen LogP contribution in [0.4, 0.5) is 4.39 Å². The third-order valence-corrected chi connectivity index (χ3v) is 7.09. The topological polar surface area (TPSA) is 78.2 Å². The highest BCUT2D eigenvalue weighted by atomic mass is 35.5. The molecule has 0 aliphatic heterocycles. The average Bonchev–Trinajstić information content (AvgIpc) is 3.18. The fourth-order valence-corrected chi connectivity index (χ4v) is 5.31. The molecule has 0 bridgehead atoms. The van der Waals surface area contributed by atoms with Gasteiger partial charge in [0, 0.05) is 21.4 Å². The number of thioether (sulfide) groups is 1. The molecule has 2 atom stereocenters. The second-order valence-corrected chi connectivity index (χ2v) is 9.22. The van der Waals surface area contributed by atoms with Gasteiger partial charge in [-0.15, -0.1) is 11.8 Å². The van der Waals surface area contributed by atoms with E-state index in [9.17, 15) is 19.1 Å². The number of carbonyl (C=O) groups excluding carboxylic acids is 1. The Bertz CT molecular complexity index is 994. The molecule has 1 aliphatic rings. The van der Waals surface area contributed by atoms with E-state index in [4.69, 9.17) is 17.0 Å². The molecule has 4 nitrogen and oxygen atoms in total. The Morgan fingerprint density at radius 1 is 1.20 bits per heavy atom. The lowest BCUT2D eigenvalue weighted by molar-refractivity contribution is -0.141. The minimum absolute atomic E-state index is 0.0769. The van der Waals surface area contributed by atoms with Crippen molar-refractivity contribution in [3.8, 4) is 0 Å². The lowest BCUT2D eigenvalue weighted by Crippen LogP contribution is -2.10. The number of carboxylic acids is 1. The van der Waals surface area contributed by atoms with Crippen molar-refractivity contribution in [2.45, 2.75) is 49.2 Å². The second-order valence-electron chi connectivity index (χ2n) is 7.47. The molecule has 1 fully saturated rings. The number of halogens is 2. The van der Waals surface area contributed by atoms with Crippen LogP contribution in [-0.4, -0.2) is 27.8 Å². The first-order valence-corrected chi connectivity index (χ1v) is 11.1. The molecule has 2 N–H and O–H groups in total. The van der Waals surface area contributed by atoms with Crippen LogP contribution in [0.15, 0.2) is 41.3 Å². The van der Waals surface area contributed by atoms with Gasteiger partial charge in [-0.2, -0.15) is 0 Å². The van der Waals surface area contributed by atoms with E-state index in [1.807, 2.05) is 19.1 Å². The minimum atomic E-state index is -0.739. The van der Waals surface area contributed by atoms with Crippen LogP contribution >= 0.6 is 23.4 Å². The van der Waals surface area contributed by atoms with Crippen molar-refractivity contribution in [1.82, 2.24) is 0 Å². The highest BCUT2D eigenvalue weighted by molar-refractivity contribution is 8.00. The molecule has 2 unspecified atom stereocenters. The lowest BCUT2D eigenvalue weighted by Gasteiger charge is -2.14. The van der Waals surface area contributed by atoms with Crippen molar-refractivity contribution in [2.24, 2.45) is 5.92 Å². The monoisotopic (exact) mass is 447 g/mol. The fraction of sp³-hybridized carbons (Fsp3) is 0.348. The number of carboxylic acid groups (broad SMARTS) is 1. The largest absolute Gasteiger partial charge is 0.481 e. The molecule has 30 heavy (non-hydrogen) atoms. The summed E-state index contributed by atoms with van der Waals surface area (Å²) in [6.07, 6.45) is 2.87. The number of aliphatic carboxylic acids is 1. The molecule has 2 aromatic rings. The molecule has 1 saturated carbocycles. The maximum Gasteiger partial charge on any atom is 0.306 e. The zero-order chi connectivity index (χ0) is 21.8. The number of ketones is 1. The summed E-state index contributed by atoms with van der Waals surface area (Å²) in [4.78, 5) is 25.0. The van der Waals surface area contributed by atoms with E-state index in [2.05, 4.69) is 0 Å². The predicted octanol–water partition coefficient (Wildman–Crippen LogP) is 6.03. The van der Waals surface area contributed by atoms with Crippen LogP contribution in [0.2, 0.25) is 5.02 Å². The zero-order valence-electron chi connectivity index (χ0n) is 16.6. The lowest BCUT2D eigenvalue weighted by atomic mass is 9.99. The first-order chi connectivity index (χ1) is 14.3. The summed E-state index contributed by atoms with van der Waals surface area (Å²) in [5.41, 5.74) is 2.13. The number of hydrogen-bond donors (Lipinski definition) is 2. The molecule has 158 valence electrons. The molecule has 3 rings (SSSR count). The maximum absolute atomic E-state index is 13.3. The SMILES string of the molecule is CCc1ccc(C(=O)CC(=N)c2ccc(F)c(Cl)c2)cc1SC1CCC(C(=O)O)C1. The summed E-state index contributed by atoms with van der Waals surface area (Å²) in [6, 6.07) is 9.53. The normalized spacial score (nSPS) is 18.4. The van der Waals surface area contributed by atoms with Crippen LogP contribution in [0.25, 0.3) is 0 Å². The summed E-state index contributed by atoms with van der Waals surface area (Å²) in [6.45, 7) is 2.05. The quantitative estimate of drug-likeness (QED) is 0.382. The minimum Gasteiger partial charge on any atom is -0.481 e. The number of benzene rings is 2. The van der Waals surface area contributed by atoms with Crippen molar-refractivity contribution in [3.63, 3.8) is 0 Å². The molecule has 2 aromatic carbocycles. The Morgan fingerprint density at radius 2 is 1.93 bits per heavy atom. The number of rotatable bonds is 8. The molecule has 1 aliphatic carbocycles. The van der Waals surface area contributed by atoms with E-state index in [0.717, 1.165) is 23.3 Å². The Balaban J connectivity index is 1.73. The molecular formula is C23H23ClFNO3S. The van der Waals surface area contributed by atoms with Crippen LogP contribution in [0.1, 0.15) is 54.1 Å². The van der Waals surface area contributed by atoms with Gasteiger partial charge in [0.2, 0.25) is 0 Å². The molecule has 0 saturated heterocycles. The summed E-state index contributed by atoms with van der Waals surface area (Å²) in [5, 5.41) is 17.6. The van der Waals surface area contributed by atoms with Crippen molar-refractivity contribution in [2.75, 3.05) is 0 Å². The zero-order valence-corrected chi connectivity index (χ0v) is 18.2. The first-order valence-electron chi connectivity index (χ1n) is 9.87. The van der Waals surface area contributed by atoms with Gasteiger partial charge in [0.25, 0.3) is 0 Å². The van der Waals surface area contributed by atoms with Crippen LogP contribution in [-0.2, 0) is 11.2 Å². The highest BCUT2D eigenvalue weighted by Crippen LogP contribution is 2.39. The van der Waals surface area contributed by atoms with Crippen LogP contribution < -0.4 is 0 Å². The number of carbonyl (C=O) groups is 2. The fourth-order valence-electron chi connectivity index (χ4n) is 3.63. The average molecular weight is 448 g/mol. The number of Topliss-reactive ketones (excluding diaryl/α,β-unsaturated/α-hetero) is 1. The van der Waals surface area contributed by atoms with Crippen molar-refractivity contribution in [1.29, 1.82) is 5.41 Å². The van der Waals surface area contributed by atoms with E-state index in [1.165, 1.54) is 18.2 Å². The number of hydrogen-bond acceptors (Lipinski definition) is 4. The van der Waals surface area contributed by atoms with Crippen molar-refractivity contribution in [3.05, 3.63) is 63.9 Å². The summed E-state index contributed by atoms with van der Waals surface area (Å²) in [7, 11) is 0. The number of aryl methyl sites for hydroxylation is 1. The van der Waals surface area contributed by atoms with Gasteiger partial charge in [-0.3, -0.25) is 9.59 Å². The molecule has 0 radical (unpaired) electrons. The molecule has 0 heterocycles. The van der Waals surface area contributed by atoms with Crippen molar-refractivity contribution >= 4 is 40.8 Å². The van der Waals surface area contributed by atoms with Gasteiger partial charge in [0.15, 0.2) is 5.78 Å². The molecule has 7 heteroatoms. The summed E-state index contributed by atoms with van der Waals surface area (Å²) >= 11 is 7.43. The number of nitrogens with one attached hydrogen (secondary N) is 1. The van der Waals surface area contributed by atoms with E-state index < -0.39 is 11.8 Å². The highest BCUT2D eigenvalue weighted by Gasteiger charge is 2.30. The van der Waals surface area contributed by atoms with Gasteiger partial charge in [-0.05, 0) is 55.0 Å². The van der Waals surface area contributed by atoms with Crippen LogP contribution in [0.3, 0.4) is 0 Å². The predicted molar refractivity (Wildman–Crippen MR) is 118 cm³/mol. The molecule has 0 aromatic heterocycles. The van der Waals surface area contributed by atoms with E-state index in [1.54, 1.807) is 17.8 Å². The van der Waals surface area contributed by atoms with E-state index in [-0.39, 0.29) is 34.1 Å². The Kier molecular flexibility index (Phi) is 7.32.